The molecule has 1 fully saturated rings. The number of piperazine rings is 1. The van der Waals surface area contributed by atoms with Gasteiger partial charge in [-0.1, -0.05) is 34.1 Å². The Bertz CT molecular complexity index is 373. The molecule has 0 spiro atoms. The van der Waals surface area contributed by atoms with E-state index in [0.717, 1.165) is 25.9 Å². The van der Waals surface area contributed by atoms with Gasteiger partial charge >= 0.3 is 0 Å². The average Bonchev–Trinajstić information content (AvgIpc) is 2.25. The Balaban J connectivity index is 2.68. The second-order valence-corrected chi connectivity index (χ2v) is 9.15. The molecule has 0 aromatic carbocycles. The van der Waals surface area contributed by atoms with Crippen LogP contribution in [0, 0.1) is 5.41 Å². The number of nitrogens with one attached hydrogen (secondary N) is 1. The van der Waals surface area contributed by atoms with Crippen molar-refractivity contribution in [2.24, 2.45) is 5.41 Å². The normalized spacial score (nSPS) is 26.6. The van der Waals surface area contributed by atoms with E-state index in [4.69, 9.17) is 0 Å². The highest BCUT2D eigenvalue weighted by Gasteiger charge is 2.33. The van der Waals surface area contributed by atoms with Crippen LogP contribution < -0.4 is 5.32 Å². The van der Waals surface area contributed by atoms with Gasteiger partial charge in [-0.25, -0.2) is 8.42 Å². The van der Waals surface area contributed by atoms with Crippen LogP contribution in [0.2, 0.25) is 0 Å². The van der Waals surface area contributed by atoms with Gasteiger partial charge in [0.15, 0.2) is 0 Å². The van der Waals surface area contributed by atoms with Gasteiger partial charge in [-0.3, -0.25) is 4.90 Å². The van der Waals surface area contributed by atoms with E-state index < -0.39 is 9.84 Å². The van der Waals surface area contributed by atoms with E-state index in [1.54, 1.807) is 0 Å². The van der Waals surface area contributed by atoms with Gasteiger partial charge in [-0.2, -0.15) is 0 Å². The molecule has 2 unspecified atom stereocenters. The molecule has 0 bridgehead atoms. The molecular formula is C14H30N2O2S. The van der Waals surface area contributed by atoms with Crippen LogP contribution in [-0.2, 0) is 9.84 Å². The van der Waals surface area contributed by atoms with Gasteiger partial charge < -0.3 is 5.32 Å². The number of hydrogen-bond donors (Lipinski definition) is 1. The monoisotopic (exact) mass is 290 g/mol. The molecule has 1 heterocycles. The summed E-state index contributed by atoms with van der Waals surface area (Å²) in [6, 6.07) is 0.908. The number of sulfone groups is 1. The van der Waals surface area contributed by atoms with Crippen LogP contribution in [0.25, 0.3) is 0 Å². The van der Waals surface area contributed by atoms with Crippen LogP contribution in [-0.4, -0.2) is 57.0 Å². The first kappa shape index (κ1) is 16.9. The quantitative estimate of drug-likeness (QED) is 0.834. The molecule has 2 atom stereocenters. The molecule has 1 aliphatic rings. The Morgan fingerprint density at radius 2 is 1.95 bits per heavy atom. The molecule has 0 aromatic rings. The molecule has 114 valence electrons. The fourth-order valence-corrected chi connectivity index (χ4v) is 3.18. The maximum atomic E-state index is 11.4. The molecule has 0 aromatic heterocycles. The van der Waals surface area contributed by atoms with Crippen LogP contribution in [0.5, 0.6) is 0 Å². The summed E-state index contributed by atoms with van der Waals surface area (Å²) < 4.78 is 22.7. The fraction of sp³-hybridized carbons (Fsp3) is 1.00. The van der Waals surface area contributed by atoms with Crippen LogP contribution in [0.3, 0.4) is 0 Å². The van der Waals surface area contributed by atoms with Crippen LogP contribution in [0.4, 0.5) is 0 Å². The van der Waals surface area contributed by atoms with Crippen LogP contribution in [0.15, 0.2) is 0 Å². The lowest BCUT2D eigenvalue weighted by atomic mass is 9.84. The molecule has 1 rings (SSSR count). The molecule has 0 amide bonds. The lowest BCUT2D eigenvalue weighted by Crippen LogP contribution is -2.60. The molecule has 1 saturated heterocycles. The first-order valence-corrected chi connectivity index (χ1v) is 9.34. The molecule has 5 heteroatoms. The van der Waals surface area contributed by atoms with E-state index in [1.165, 1.54) is 6.26 Å². The van der Waals surface area contributed by atoms with Crippen molar-refractivity contribution in [3.8, 4) is 0 Å². The SMILES string of the molecule is CCCC1CNC(C(C)(C)C)CN1CCS(C)(=O)=O. The van der Waals surface area contributed by atoms with E-state index in [2.05, 4.69) is 37.9 Å². The Morgan fingerprint density at radius 3 is 2.42 bits per heavy atom. The van der Waals surface area contributed by atoms with Gasteiger partial charge in [0.2, 0.25) is 0 Å². The van der Waals surface area contributed by atoms with E-state index in [1.807, 2.05) is 0 Å². The Kier molecular flexibility index (Phi) is 5.83. The summed E-state index contributed by atoms with van der Waals surface area (Å²) >= 11 is 0. The first-order chi connectivity index (χ1) is 8.63. The summed E-state index contributed by atoms with van der Waals surface area (Å²) in [6.07, 6.45) is 3.60. The molecule has 0 radical (unpaired) electrons. The largest absolute Gasteiger partial charge is 0.311 e. The van der Waals surface area contributed by atoms with Crippen LogP contribution >= 0.6 is 0 Å². The highest BCUT2D eigenvalue weighted by atomic mass is 32.2. The minimum absolute atomic E-state index is 0.209. The highest BCUT2D eigenvalue weighted by molar-refractivity contribution is 7.90. The number of rotatable bonds is 5. The Labute approximate surface area is 118 Å². The molecule has 1 N–H and O–H groups in total. The lowest BCUT2D eigenvalue weighted by Gasteiger charge is -2.45. The van der Waals surface area contributed by atoms with Crippen molar-refractivity contribution < 1.29 is 8.42 Å². The summed E-state index contributed by atoms with van der Waals surface area (Å²) in [5.74, 6) is 0.268. The predicted octanol–water partition coefficient (Wildman–Crippen LogP) is 1.52. The van der Waals surface area contributed by atoms with Crippen LogP contribution in [0.1, 0.15) is 40.5 Å². The van der Waals surface area contributed by atoms with Gasteiger partial charge in [0.05, 0.1) is 5.75 Å². The number of hydrogen-bond acceptors (Lipinski definition) is 4. The van der Waals surface area contributed by atoms with Gasteiger partial charge in [0, 0.05) is 38.0 Å². The molecular weight excluding hydrogens is 260 g/mol. The third-order valence-electron chi connectivity index (χ3n) is 3.95. The fourth-order valence-electron chi connectivity index (χ4n) is 2.61. The van der Waals surface area contributed by atoms with E-state index >= 15 is 0 Å². The highest BCUT2D eigenvalue weighted by Crippen LogP contribution is 2.24. The topological polar surface area (TPSA) is 49.4 Å². The zero-order chi connectivity index (χ0) is 14.7. The minimum Gasteiger partial charge on any atom is -0.311 e. The summed E-state index contributed by atoms with van der Waals surface area (Å²) in [5, 5.41) is 3.63. The van der Waals surface area contributed by atoms with Crippen molar-refractivity contribution in [3.05, 3.63) is 0 Å². The molecule has 0 aliphatic carbocycles. The molecule has 19 heavy (non-hydrogen) atoms. The third-order valence-corrected chi connectivity index (χ3v) is 4.87. The van der Waals surface area contributed by atoms with Crippen molar-refractivity contribution in [2.75, 3.05) is 31.6 Å². The third kappa shape index (κ3) is 5.79. The standard InChI is InChI=1S/C14H30N2O2S/c1-6-7-12-10-15-13(14(2,3)4)11-16(12)8-9-19(5,17)18/h12-13,15H,6-11H2,1-5H3. The summed E-state index contributed by atoms with van der Waals surface area (Å²) in [6.45, 7) is 11.5. The minimum atomic E-state index is -2.88. The lowest BCUT2D eigenvalue weighted by molar-refractivity contribution is 0.0863. The van der Waals surface area contributed by atoms with E-state index in [9.17, 15) is 8.42 Å². The van der Waals surface area contributed by atoms with Crippen molar-refractivity contribution in [2.45, 2.75) is 52.6 Å². The molecule has 1 aliphatic heterocycles. The summed E-state index contributed by atoms with van der Waals surface area (Å²) in [7, 11) is -2.88. The second kappa shape index (κ2) is 6.55. The maximum absolute atomic E-state index is 11.4. The number of nitrogens with zero attached hydrogens (tertiary/aromatic N) is 1. The van der Waals surface area contributed by atoms with Crippen molar-refractivity contribution in [1.29, 1.82) is 0 Å². The zero-order valence-corrected chi connectivity index (χ0v) is 13.9. The maximum Gasteiger partial charge on any atom is 0.148 e. The van der Waals surface area contributed by atoms with E-state index in [-0.39, 0.29) is 11.2 Å². The van der Waals surface area contributed by atoms with Crippen molar-refractivity contribution in [3.63, 3.8) is 0 Å². The van der Waals surface area contributed by atoms with Gasteiger partial charge in [0.1, 0.15) is 9.84 Å². The van der Waals surface area contributed by atoms with Gasteiger partial charge in [-0.05, 0) is 11.8 Å². The summed E-state index contributed by atoms with van der Waals surface area (Å²) in [5.41, 5.74) is 0.209. The predicted molar refractivity (Wildman–Crippen MR) is 81.2 cm³/mol. The van der Waals surface area contributed by atoms with E-state index in [0.29, 0.717) is 18.6 Å². The summed E-state index contributed by atoms with van der Waals surface area (Å²) in [4.78, 5) is 2.37. The Hall–Kier alpha value is -0.130. The smallest absolute Gasteiger partial charge is 0.148 e. The van der Waals surface area contributed by atoms with Gasteiger partial charge in [0.25, 0.3) is 0 Å². The van der Waals surface area contributed by atoms with Crippen molar-refractivity contribution in [1.82, 2.24) is 10.2 Å². The van der Waals surface area contributed by atoms with Crippen molar-refractivity contribution >= 4 is 9.84 Å². The molecule has 0 saturated carbocycles. The first-order valence-electron chi connectivity index (χ1n) is 7.28. The average molecular weight is 290 g/mol. The second-order valence-electron chi connectivity index (χ2n) is 6.89. The molecule has 4 nitrogen and oxygen atoms in total. The Morgan fingerprint density at radius 1 is 1.32 bits per heavy atom. The zero-order valence-electron chi connectivity index (χ0n) is 13.1. The van der Waals surface area contributed by atoms with Gasteiger partial charge in [-0.15, -0.1) is 0 Å².